The summed E-state index contributed by atoms with van der Waals surface area (Å²) in [6.07, 6.45) is 5.89. The second-order valence-electron chi connectivity index (χ2n) is 5.57. The van der Waals surface area contributed by atoms with E-state index in [9.17, 15) is 9.59 Å². The molecule has 1 aliphatic carbocycles. The molecule has 0 radical (unpaired) electrons. The molecule has 3 rings (SSSR count). The normalized spacial score (nSPS) is 21.6. The van der Waals surface area contributed by atoms with E-state index in [1.165, 1.54) is 0 Å². The van der Waals surface area contributed by atoms with Crippen LogP contribution in [0, 0.1) is 0 Å². The highest BCUT2D eigenvalue weighted by Gasteiger charge is 2.48. The van der Waals surface area contributed by atoms with E-state index < -0.39 is 5.54 Å². The number of oxazole rings is 1. The zero-order valence-corrected chi connectivity index (χ0v) is 11.6. The Morgan fingerprint density at radius 1 is 1.40 bits per heavy atom. The highest BCUT2D eigenvalue weighted by molar-refractivity contribution is 5.98. The van der Waals surface area contributed by atoms with Crippen molar-refractivity contribution in [3.8, 4) is 0 Å². The summed E-state index contributed by atoms with van der Waals surface area (Å²) in [5.41, 5.74) is -0.671. The van der Waals surface area contributed by atoms with Crippen LogP contribution in [0.3, 0.4) is 0 Å². The van der Waals surface area contributed by atoms with Gasteiger partial charge >= 0.3 is 0 Å². The number of aryl methyl sites for hydroxylation is 1. The molecule has 1 saturated heterocycles. The molecule has 1 saturated carbocycles. The standard InChI is InChI=1S/C14H19N3O3/c1-2-10-7-15-12(20-10)9-17-8-11(18)16-14(13(17)19)5-3-4-6-14/h7H,2-6,8-9H2,1H3,(H,16,18). The van der Waals surface area contributed by atoms with Crippen LogP contribution in [0.4, 0.5) is 0 Å². The van der Waals surface area contributed by atoms with E-state index in [0.717, 1.165) is 37.9 Å². The number of hydrogen-bond acceptors (Lipinski definition) is 4. The van der Waals surface area contributed by atoms with E-state index in [0.29, 0.717) is 5.89 Å². The molecule has 1 N–H and O–H groups in total. The molecule has 2 amide bonds. The number of nitrogens with one attached hydrogen (secondary N) is 1. The van der Waals surface area contributed by atoms with Gasteiger partial charge in [-0.25, -0.2) is 4.98 Å². The number of nitrogens with zero attached hydrogens (tertiary/aromatic N) is 2. The summed E-state index contributed by atoms with van der Waals surface area (Å²) in [5, 5.41) is 2.89. The van der Waals surface area contributed by atoms with Crippen LogP contribution in [0.2, 0.25) is 0 Å². The molecule has 0 aromatic carbocycles. The van der Waals surface area contributed by atoms with Gasteiger partial charge in [0.2, 0.25) is 17.7 Å². The smallest absolute Gasteiger partial charge is 0.249 e. The molecule has 1 aromatic heterocycles. The van der Waals surface area contributed by atoms with Crippen molar-refractivity contribution in [1.29, 1.82) is 0 Å². The van der Waals surface area contributed by atoms with Crippen LogP contribution in [-0.4, -0.2) is 33.8 Å². The molecule has 1 aliphatic heterocycles. The van der Waals surface area contributed by atoms with Crippen molar-refractivity contribution < 1.29 is 14.0 Å². The van der Waals surface area contributed by atoms with Crippen LogP contribution in [0.25, 0.3) is 0 Å². The quantitative estimate of drug-likeness (QED) is 0.894. The van der Waals surface area contributed by atoms with Crippen molar-refractivity contribution in [3.05, 3.63) is 17.8 Å². The van der Waals surface area contributed by atoms with Crippen LogP contribution in [0.5, 0.6) is 0 Å². The first-order chi connectivity index (χ1) is 9.63. The van der Waals surface area contributed by atoms with Gasteiger partial charge in [-0.05, 0) is 12.8 Å². The second-order valence-corrected chi connectivity index (χ2v) is 5.57. The van der Waals surface area contributed by atoms with Gasteiger partial charge in [0.25, 0.3) is 0 Å². The number of hydrogen-bond donors (Lipinski definition) is 1. The van der Waals surface area contributed by atoms with Gasteiger partial charge in [0, 0.05) is 6.42 Å². The minimum absolute atomic E-state index is 0.00542. The number of piperazine rings is 1. The number of carbonyl (C=O) groups is 2. The molecular weight excluding hydrogens is 258 g/mol. The Kier molecular flexibility index (Phi) is 3.23. The summed E-state index contributed by atoms with van der Waals surface area (Å²) in [5.74, 6) is 1.21. The highest BCUT2D eigenvalue weighted by atomic mass is 16.4. The average Bonchev–Trinajstić information content (AvgIpc) is 3.05. The molecule has 2 heterocycles. The van der Waals surface area contributed by atoms with Crippen LogP contribution < -0.4 is 5.32 Å². The molecule has 108 valence electrons. The van der Waals surface area contributed by atoms with Crippen molar-refractivity contribution >= 4 is 11.8 Å². The fourth-order valence-corrected chi connectivity index (χ4v) is 3.10. The molecule has 1 aromatic rings. The SMILES string of the molecule is CCc1cnc(CN2CC(=O)NC3(CCCC3)C2=O)o1. The first-order valence-electron chi connectivity index (χ1n) is 7.17. The molecule has 1 spiro atoms. The molecule has 0 atom stereocenters. The zero-order valence-electron chi connectivity index (χ0n) is 11.6. The predicted octanol–water partition coefficient (Wildman–Crippen LogP) is 1.01. The van der Waals surface area contributed by atoms with Crippen LogP contribution in [0.15, 0.2) is 10.6 Å². The van der Waals surface area contributed by atoms with Gasteiger partial charge in [-0.1, -0.05) is 19.8 Å². The fourth-order valence-electron chi connectivity index (χ4n) is 3.10. The lowest BCUT2D eigenvalue weighted by molar-refractivity contribution is -0.150. The van der Waals surface area contributed by atoms with Gasteiger partial charge in [0.1, 0.15) is 17.8 Å². The van der Waals surface area contributed by atoms with Gasteiger partial charge in [-0.15, -0.1) is 0 Å². The second kappa shape index (κ2) is 4.92. The Labute approximate surface area is 117 Å². The maximum absolute atomic E-state index is 12.6. The fraction of sp³-hybridized carbons (Fsp3) is 0.643. The largest absolute Gasteiger partial charge is 0.444 e. The minimum Gasteiger partial charge on any atom is -0.444 e. The minimum atomic E-state index is -0.671. The Morgan fingerprint density at radius 2 is 2.15 bits per heavy atom. The maximum atomic E-state index is 12.6. The van der Waals surface area contributed by atoms with Crippen molar-refractivity contribution in [2.24, 2.45) is 0 Å². The third-order valence-corrected chi connectivity index (χ3v) is 4.14. The van der Waals surface area contributed by atoms with Gasteiger partial charge < -0.3 is 14.6 Å². The van der Waals surface area contributed by atoms with Crippen LogP contribution >= 0.6 is 0 Å². The molecule has 20 heavy (non-hydrogen) atoms. The highest BCUT2D eigenvalue weighted by Crippen LogP contribution is 2.33. The summed E-state index contributed by atoms with van der Waals surface area (Å²) in [6, 6.07) is 0. The van der Waals surface area contributed by atoms with E-state index in [1.807, 2.05) is 6.92 Å². The van der Waals surface area contributed by atoms with Crippen LogP contribution in [0.1, 0.15) is 44.3 Å². The van der Waals surface area contributed by atoms with E-state index in [4.69, 9.17) is 4.42 Å². The predicted molar refractivity (Wildman–Crippen MR) is 70.6 cm³/mol. The third-order valence-electron chi connectivity index (χ3n) is 4.14. The first-order valence-corrected chi connectivity index (χ1v) is 7.17. The summed E-state index contributed by atoms with van der Waals surface area (Å²) in [6.45, 7) is 2.34. The summed E-state index contributed by atoms with van der Waals surface area (Å²) >= 11 is 0. The van der Waals surface area contributed by atoms with E-state index in [-0.39, 0.29) is 24.9 Å². The van der Waals surface area contributed by atoms with E-state index in [1.54, 1.807) is 11.1 Å². The van der Waals surface area contributed by atoms with Gasteiger partial charge in [-0.2, -0.15) is 0 Å². The number of carbonyl (C=O) groups excluding carboxylic acids is 2. The van der Waals surface area contributed by atoms with E-state index >= 15 is 0 Å². The molecule has 0 bridgehead atoms. The third kappa shape index (κ3) is 2.19. The molecule has 6 heteroatoms. The number of rotatable bonds is 3. The molecular formula is C14H19N3O3. The van der Waals surface area contributed by atoms with Crippen molar-refractivity contribution in [3.63, 3.8) is 0 Å². The van der Waals surface area contributed by atoms with Gasteiger partial charge in [0.05, 0.1) is 12.7 Å². The summed E-state index contributed by atoms with van der Waals surface area (Å²) < 4.78 is 5.53. The van der Waals surface area contributed by atoms with Gasteiger partial charge in [0.15, 0.2) is 0 Å². The zero-order chi connectivity index (χ0) is 14.2. The number of aromatic nitrogens is 1. The Bertz CT molecular complexity index is 532. The van der Waals surface area contributed by atoms with Crippen molar-refractivity contribution in [2.45, 2.75) is 51.1 Å². The first kappa shape index (κ1) is 13.1. The van der Waals surface area contributed by atoms with Crippen molar-refractivity contribution in [1.82, 2.24) is 15.2 Å². The summed E-state index contributed by atoms with van der Waals surface area (Å²) in [7, 11) is 0. The van der Waals surface area contributed by atoms with Gasteiger partial charge in [-0.3, -0.25) is 9.59 Å². The number of amides is 2. The van der Waals surface area contributed by atoms with Crippen LogP contribution in [-0.2, 0) is 22.6 Å². The Hall–Kier alpha value is -1.85. The molecule has 2 fully saturated rings. The topological polar surface area (TPSA) is 75.4 Å². The maximum Gasteiger partial charge on any atom is 0.249 e. The van der Waals surface area contributed by atoms with E-state index in [2.05, 4.69) is 10.3 Å². The lowest BCUT2D eigenvalue weighted by atomic mass is 9.93. The Morgan fingerprint density at radius 3 is 2.80 bits per heavy atom. The molecule has 0 unspecified atom stereocenters. The molecule has 6 nitrogen and oxygen atoms in total. The monoisotopic (exact) mass is 277 g/mol. The lowest BCUT2D eigenvalue weighted by Crippen LogP contribution is -2.65. The Balaban J connectivity index is 1.78. The van der Waals surface area contributed by atoms with Crippen molar-refractivity contribution in [2.75, 3.05) is 6.54 Å². The lowest BCUT2D eigenvalue weighted by Gasteiger charge is -2.39. The average molecular weight is 277 g/mol. The molecule has 2 aliphatic rings. The summed E-state index contributed by atoms with van der Waals surface area (Å²) in [4.78, 5) is 30.2.